The Morgan fingerprint density at radius 3 is 2.79 bits per heavy atom. The van der Waals surface area contributed by atoms with Crippen LogP contribution in [0.2, 0.25) is 0 Å². The number of hydrogen-bond donors (Lipinski definition) is 1. The summed E-state index contributed by atoms with van der Waals surface area (Å²) < 4.78 is 5.75. The molecule has 0 aliphatic carbocycles. The van der Waals surface area contributed by atoms with Crippen molar-refractivity contribution >= 4 is 12.0 Å². The Kier molecular flexibility index (Phi) is 6.79. The first kappa shape index (κ1) is 15.3. The molecule has 0 aliphatic heterocycles. The maximum absolute atomic E-state index is 10.8. The third-order valence-electron chi connectivity index (χ3n) is 3.26. The lowest BCUT2D eigenvalue weighted by Gasteiger charge is -2.16. The fourth-order valence-corrected chi connectivity index (χ4v) is 1.92. The van der Waals surface area contributed by atoms with Gasteiger partial charge in [0.25, 0.3) is 0 Å². The molecule has 1 N–H and O–H groups in total. The molecule has 0 bridgehead atoms. The monoisotopic (exact) mass is 262 g/mol. The summed E-state index contributed by atoms with van der Waals surface area (Å²) in [5.41, 5.74) is 8.12. The molecule has 1 atom stereocenters. The summed E-state index contributed by atoms with van der Waals surface area (Å²) in [7, 11) is 0. The van der Waals surface area contributed by atoms with Crippen molar-refractivity contribution < 1.29 is 9.53 Å². The summed E-state index contributed by atoms with van der Waals surface area (Å²) in [4.78, 5) is 10.8. The van der Waals surface area contributed by atoms with Gasteiger partial charge in [0.05, 0.1) is 6.61 Å². The Labute approximate surface area is 114 Å². The summed E-state index contributed by atoms with van der Waals surface area (Å²) in [5, 5.41) is 3.42. The summed E-state index contributed by atoms with van der Waals surface area (Å²) in [6, 6.07) is 4.92. The quantitative estimate of drug-likeness (QED) is 0.515. The van der Waals surface area contributed by atoms with Crippen LogP contribution in [0.25, 0.3) is 0 Å². The highest BCUT2D eigenvalue weighted by molar-refractivity contribution is 5.77. The molecule has 104 valence electrons. The maximum Gasteiger partial charge on any atom is 0.150 e. The SMILES string of the molecule is CCCCC(CC)COc1cc(C=O)ccc1N=N. The highest BCUT2D eigenvalue weighted by Gasteiger charge is 2.10. The molecule has 0 saturated heterocycles. The van der Waals surface area contributed by atoms with Gasteiger partial charge in [-0.05, 0) is 30.5 Å². The highest BCUT2D eigenvalue weighted by Crippen LogP contribution is 2.29. The van der Waals surface area contributed by atoms with E-state index < -0.39 is 0 Å². The molecule has 0 radical (unpaired) electrons. The summed E-state index contributed by atoms with van der Waals surface area (Å²) in [5.74, 6) is 1.04. The Morgan fingerprint density at radius 1 is 1.42 bits per heavy atom. The number of hydrogen-bond acceptors (Lipinski definition) is 4. The molecular weight excluding hydrogens is 240 g/mol. The Bertz CT molecular complexity index is 419. The van der Waals surface area contributed by atoms with Crippen LogP contribution in [0.5, 0.6) is 5.75 Å². The van der Waals surface area contributed by atoms with Gasteiger partial charge >= 0.3 is 0 Å². The number of benzene rings is 1. The smallest absolute Gasteiger partial charge is 0.150 e. The normalized spacial score (nSPS) is 11.9. The van der Waals surface area contributed by atoms with Crippen molar-refractivity contribution in [3.05, 3.63) is 23.8 Å². The second kappa shape index (κ2) is 8.40. The van der Waals surface area contributed by atoms with Crippen molar-refractivity contribution in [3.63, 3.8) is 0 Å². The van der Waals surface area contributed by atoms with E-state index in [-0.39, 0.29) is 0 Å². The van der Waals surface area contributed by atoms with Gasteiger partial charge in [-0.3, -0.25) is 4.79 Å². The van der Waals surface area contributed by atoms with Gasteiger partial charge in [-0.25, -0.2) is 5.53 Å². The third kappa shape index (κ3) is 4.81. The number of nitrogens with one attached hydrogen (secondary N) is 1. The van der Waals surface area contributed by atoms with E-state index in [0.29, 0.717) is 29.5 Å². The average molecular weight is 262 g/mol. The van der Waals surface area contributed by atoms with Crippen LogP contribution in [0.3, 0.4) is 0 Å². The van der Waals surface area contributed by atoms with Crippen LogP contribution in [0.4, 0.5) is 5.69 Å². The van der Waals surface area contributed by atoms with E-state index in [4.69, 9.17) is 10.3 Å². The number of carbonyl (C=O) groups is 1. The van der Waals surface area contributed by atoms with E-state index >= 15 is 0 Å². The summed E-state index contributed by atoms with van der Waals surface area (Å²) in [6.07, 6.45) is 5.37. The minimum atomic E-state index is 0.468. The van der Waals surface area contributed by atoms with E-state index in [1.54, 1.807) is 18.2 Å². The number of aldehydes is 1. The van der Waals surface area contributed by atoms with Gasteiger partial charge in [0, 0.05) is 5.56 Å². The second-order valence-corrected chi connectivity index (χ2v) is 4.68. The van der Waals surface area contributed by atoms with Crippen molar-refractivity contribution in [2.75, 3.05) is 6.61 Å². The van der Waals surface area contributed by atoms with Crippen molar-refractivity contribution in [3.8, 4) is 5.75 Å². The fraction of sp³-hybridized carbons (Fsp3) is 0.533. The Morgan fingerprint density at radius 2 is 2.21 bits per heavy atom. The molecule has 0 amide bonds. The minimum Gasteiger partial charge on any atom is -0.491 e. The molecule has 0 aromatic heterocycles. The Hall–Kier alpha value is -1.71. The molecule has 0 heterocycles. The summed E-state index contributed by atoms with van der Waals surface area (Å²) >= 11 is 0. The number of unbranched alkanes of at least 4 members (excludes halogenated alkanes) is 1. The van der Waals surface area contributed by atoms with Crippen LogP contribution >= 0.6 is 0 Å². The van der Waals surface area contributed by atoms with Crippen LogP contribution in [0.15, 0.2) is 23.3 Å². The van der Waals surface area contributed by atoms with E-state index in [1.165, 1.54) is 12.8 Å². The second-order valence-electron chi connectivity index (χ2n) is 4.68. The van der Waals surface area contributed by atoms with Crippen molar-refractivity contribution in [1.29, 1.82) is 5.53 Å². The maximum atomic E-state index is 10.8. The zero-order valence-electron chi connectivity index (χ0n) is 11.7. The van der Waals surface area contributed by atoms with Gasteiger partial charge in [-0.15, -0.1) is 0 Å². The molecule has 0 spiro atoms. The molecule has 0 fully saturated rings. The molecule has 1 unspecified atom stereocenters. The largest absolute Gasteiger partial charge is 0.491 e. The standard InChI is InChI=1S/C15H22N2O2/c1-3-5-6-12(4-2)11-19-15-9-13(10-18)7-8-14(15)17-16/h7-10,12,16H,3-6,11H2,1-2H3. The van der Waals surface area contributed by atoms with E-state index in [0.717, 1.165) is 19.1 Å². The van der Waals surface area contributed by atoms with Crippen LogP contribution in [0.1, 0.15) is 49.9 Å². The molecule has 4 heteroatoms. The van der Waals surface area contributed by atoms with Gasteiger partial charge in [-0.1, -0.05) is 33.1 Å². The van der Waals surface area contributed by atoms with E-state index in [1.807, 2.05) is 0 Å². The molecule has 4 nitrogen and oxygen atoms in total. The number of carbonyl (C=O) groups excluding carboxylic acids is 1. The Balaban J connectivity index is 2.68. The van der Waals surface area contributed by atoms with Crippen molar-refractivity contribution in [1.82, 2.24) is 0 Å². The van der Waals surface area contributed by atoms with Gasteiger partial charge in [0.1, 0.15) is 17.7 Å². The van der Waals surface area contributed by atoms with Gasteiger partial charge < -0.3 is 4.74 Å². The molecule has 1 aromatic carbocycles. The predicted molar refractivity (Wildman–Crippen MR) is 75.4 cm³/mol. The van der Waals surface area contributed by atoms with Gasteiger partial charge in [0.15, 0.2) is 0 Å². The zero-order chi connectivity index (χ0) is 14.1. The topological polar surface area (TPSA) is 62.5 Å². The lowest BCUT2D eigenvalue weighted by molar-refractivity contribution is 0.112. The molecule has 19 heavy (non-hydrogen) atoms. The van der Waals surface area contributed by atoms with Crippen molar-refractivity contribution in [2.45, 2.75) is 39.5 Å². The number of ether oxygens (including phenoxy) is 1. The van der Waals surface area contributed by atoms with Gasteiger partial charge in [0.2, 0.25) is 0 Å². The lowest BCUT2D eigenvalue weighted by Crippen LogP contribution is -2.11. The zero-order valence-corrected chi connectivity index (χ0v) is 11.7. The van der Waals surface area contributed by atoms with Crippen LogP contribution in [-0.2, 0) is 0 Å². The number of nitrogens with zero attached hydrogens (tertiary/aromatic N) is 1. The number of rotatable bonds is 9. The molecule has 1 rings (SSSR count). The van der Waals surface area contributed by atoms with Crippen LogP contribution in [0, 0.1) is 11.4 Å². The van der Waals surface area contributed by atoms with Crippen LogP contribution < -0.4 is 4.74 Å². The highest BCUT2D eigenvalue weighted by atomic mass is 16.5. The molecule has 1 aromatic rings. The first-order valence-electron chi connectivity index (χ1n) is 6.84. The minimum absolute atomic E-state index is 0.468. The first-order chi connectivity index (χ1) is 9.24. The average Bonchev–Trinajstić information content (AvgIpc) is 2.47. The first-order valence-corrected chi connectivity index (χ1v) is 6.84. The van der Waals surface area contributed by atoms with Crippen LogP contribution in [-0.4, -0.2) is 12.9 Å². The third-order valence-corrected chi connectivity index (χ3v) is 3.26. The van der Waals surface area contributed by atoms with Gasteiger partial charge in [-0.2, -0.15) is 5.11 Å². The van der Waals surface area contributed by atoms with E-state index in [9.17, 15) is 4.79 Å². The molecular formula is C15H22N2O2. The molecule has 0 saturated carbocycles. The van der Waals surface area contributed by atoms with Crippen molar-refractivity contribution in [2.24, 2.45) is 11.0 Å². The predicted octanol–water partition coefficient (Wildman–Crippen LogP) is 4.76. The van der Waals surface area contributed by atoms with E-state index in [2.05, 4.69) is 19.0 Å². The fourth-order valence-electron chi connectivity index (χ4n) is 1.92. The lowest BCUT2D eigenvalue weighted by atomic mass is 10.0. The molecule has 0 aliphatic rings. The summed E-state index contributed by atoms with van der Waals surface area (Å²) in [6.45, 7) is 4.95.